The molecule has 3 nitrogen and oxygen atoms in total. The number of rotatable bonds is 2. The number of carbonyl (C=O) groups is 1. The fourth-order valence-corrected chi connectivity index (χ4v) is 2.72. The third-order valence-electron chi connectivity index (χ3n) is 3.84. The van der Waals surface area contributed by atoms with E-state index in [0.717, 1.165) is 19.3 Å². The first-order chi connectivity index (χ1) is 9.02. The summed E-state index contributed by atoms with van der Waals surface area (Å²) in [5.74, 6) is -0.648. The van der Waals surface area contributed by atoms with E-state index in [4.69, 9.17) is 5.73 Å². The summed E-state index contributed by atoms with van der Waals surface area (Å²) in [6.45, 7) is 4.24. The van der Waals surface area contributed by atoms with Gasteiger partial charge in [0.1, 0.15) is 5.82 Å². The van der Waals surface area contributed by atoms with Crippen LogP contribution in [0.3, 0.4) is 0 Å². The Morgan fingerprint density at radius 2 is 2.21 bits per heavy atom. The summed E-state index contributed by atoms with van der Waals surface area (Å²) in [7, 11) is 0. The van der Waals surface area contributed by atoms with Crippen molar-refractivity contribution in [2.75, 3.05) is 6.54 Å². The standard InChI is InChI=1S/C15H21FN2O/c1-10-6-5-7-12(14(10)16)15(19)18-9-4-3-8-13(18)11(2)17/h5-7,11,13H,3-4,8-9,17H2,1-2H3/t11-,13-/m1/s1. The molecule has 1 aliphatic heterocycles. The van der Waals surface area contributed by atoms with Crippen LogP contribution in [-0.2, 0) is 0 Å². The largest absolute Gasteiger partial charge is 0.334 e. The zero-order valence-corrected chi connectivity index (χ0v) is 11.5. The summed E-state index contributed by atoms with van der Waals surface area (Å²) in [5.41, 5.74) is 6.61. The maximum absolute atomic E-state index is 14.1. The van der Waals surface area contributed by atoms with Crippen molar-refractivity contribution in [3.05, 3.63) is 35.1 Å². The van der Waals surface area contributed by atoms with E-state index < -0.39 is 5.82 Å². The number of likely N-dealkylation sites (tertiary alicyclic amines) is 1. The molecule has 1 aromatic rings. The van der Waals surface area contributed by atoms with Crippen LogP contribution >= 0.6 is 0 Å². The van der Waals surface area contributed by atoms with E-state index >= 15 is 0 Å². The molecule has 0 radical (unpaired) electrons. The van der Waals surface area contributed by atoms with Crippen molar-refractivity contribution >= 4 is 5.91 Å². The normalized spacial score (nSPS) is 21.3. The zero-order valence-electron chi connectivity index (χ0n) is 11.5. The molecular formula is C15H21FN2O. The van der Waals surface area contributed by atoms with Crippen LogP contribution < -0.4 is 5.73 Å². The van der Waals surface area contributed by atoms with Crippen molar-refractivity contribution in [2.24, 2.45) is 5.73 Å². The third-order valence-corrected chi connectivity index (χ3v) is 3.84. The van der Waals surface area contributed by atoms with E-state index in [-0.39, 0.29) is 23.6 Å². The van der Waals surface area contributed by atoms with E-state index in [2.05, 4.69) is 0 Å². The molecule has 104 valence electrons. The number of amides is 1. The van der Waals surface area contributed by atoms with Crippen LogP contribution in [0.5, 0.6) is 0 Å². The van der Waals surface area contributed by atoms with Crippen LogP contribution in [0, 0.1) is 12.7 Å². The Morgan fingerprint density at radius 3 is 2.89 bits per heavy atom. The van der Waals surface area contributed by atoms with Crippen molar-refractivity contribution in [1.82, 2.24) is 4.90 Å². The lowest BCUT2D eigenvalue weighted by molar-refractivity contribution is 0.0579. The highest BCUT2D eigenvalue weighted by atomic mass is 19.1. The topological polar surface area (TPSA) is 46.3 Å². The van der Waals surface area contributed by atoms with Gasteiger partial charge in [0.15, 0.2) is 0 Å². The number of nitrogens with two attached hydrogens (primary N) is 1. The molecular weight excluding hydrogens is 243 g/mol. The maximum Gasteiger partial charge on any atom is 0.257 e. The third kappa shape index (κ3) is 2.78. The van der Waals surface area contributed by atoms with Crippen molar-refractivity contribution < 1.29 is 9.18 Å². The van der Waals surface area contributed by atoms with Crippen molar-refractivity contribution in [3.8, 4) is 0 Å². The molecule has 1 amide bonds. The minimum absolute atomic E-state index is 0.0150. The highest BCUT2D eigenvalue weighted by Gasteiger charge is 2.31. The molecule has 0 saturated carbocycles. The van der Waals surface area contributed by atoms with Crippen LogP contribution in [0.4, 0.5) is 4.39 Å². The van der Waals surface area contributed by atoms with Gasteiger partial charge in [-0.25, -0.2) is 4.39 Å². The summed E-state index contributed by atoms with van der Waals surface area (Å²) in [5, 5.41) is 0. The Bertz CT molecular complexity index is 473. The summed E-state index contributed by atoms with van der Waals surface area (Å²) in [6.07, 6.45) is 2.94. The molecule has 2 atom stereocenters. The van der Waals surface area contributed by atoms with Crippen LogP contribution in [0.25, 0.3) is 0 Å². The van der Waals surface area contributed by atoms with E-state index in [0.29, 0.717) is 12.1 Å². The fourth-order valence-electron chi connectivity index (χ4n) is 2.72. The summed E-state index contributed by atoms with van der Waals surface area (Å²) < 4.78 is 14.1. The molecule has 0 bridgehead atoms. The van der Waals surface area contributed by atoms with Crippen molar-refractivity contribution in [3.63, 3.8) is 0 Å². The highest BCUT2D eigenvalue weighted by Crippen LogP contribution is 2.23. The first-order valence-electron chi connectivity index (χ1n) is 6.84. The quantitative estimate of drug-likeness (QED) is 0.892. The maximum atomic E-state index is 14.1. The molecule has 0 aliphatic carbocycles. The number of hydrogen-bond acceptors (Lipinski definition) is 2. The molecule has 1 fully saturated rings. The van der Waals surface area contributed by atoms with Gasteiger partial charge in [-0.3, -0.25) is 4.79 Å². The first kappa shape index (κ1) is 14.0. The number of piperidine rings is 1. The van der Waals surface area contributed by atoms with E-state index in [1.165, 1.54) is 0 Å². The van der Waals surface area contributed by atoms with Crippen LogP contribution in [-0.4, -0.2) is 29.4 Å². The monoisotopic (exact) mass is 264 g/mol. The van der Waals surface area contributed by atoms with Gasteiger partial charge < -0.3 is 10.6 Å². The van der Waals surface area contributed by atoms with Crippen LogP contribution in [0.1, 0.15) is 42.1 Å². The second kappa shape index (κ2) is 5.70. The van der Waals surface area contributed by atoms with E-state index in [1.54, 1.807) is 30.0 Å². The minimum Gasteiger partial charge on any atom is -0.334 e. The molecule has 1 aliphatic rings. The van der Waals surface area contributed by atoms with Gasteiger partial charge in [-0.2, -0.15) is 0 Å². The Balaban J connectivity index is 2.29. The molecule has 2 N–H and O–H groups in total. The Hall–Kier alpha value is -1.42. The van der Waals surface area contributed by atoms with E-state index in [9.17, 15) is 9.18 Å². The number of benzene rings is 1. The molecule has 0 spiro atoms. The van der Waals surface area contributed by atoms with Crippen molar-refractivity contribution in [1.29, 1.82) is 0 Å². The molecule has 4 heteroatoms. The summed E-state index contributed by atoms with van der Waals surface area (Å²) >= 11 is 0. The lowest BCUT2D eigenvalue weighted by Gasteiger charge is -2.38. The Morgan fingerprint density at radius 1 is 1.47 bits per heavy atom. The van der Waals surface area contributed by atoms with Gasteiger partial charge in [0, 0.05) is 18.6 Å². The molecule has 0 unspecified atom stereocenters. The van der Waals surface area contributed by atoms with Gasteiger partial charge in [-0.1, -0.05) is 12.1 Å². The Kier molecular flexibility index (Phi) is 4.20. The van der Waals surface area contributed by atoms with Gasteiger partial charge in [-0.05, 0) is 44.7 Å². The van der Waals surface area contributed by atoms with Crippen LogP contribution in [0.2, 0.25) is 0 Å². The van der Waals surface area contributed by atoms with Gasteiger partial charge in [0.2, 0.25) is 0 Å². The van der Waals surface area contributed by atoms with Gasteiger partial charge in [0.25, 0.3) is 5.91 Å². The highest BCUT2D eigenvalue weighted by molar-refractivity contribution is 5.95. The van der Waals surface area contributed by atoms with Gasteiger partial charge in [0.05, 0.1) is 5.56 Å². The second-order valence-electron chi connectivity index (χ2n) is 5.36. The average Bonchev–Trinajstić information content (AvgIpc) is 2.41. The van der Waals surface area contributed by atoms with Gasteiger partial charge >= 0.3 is 0 Å². The molecule has 0 aromatic heterocycles. The predicted octanol–water partition coefficient (Wildman–Crippen LogP) is 2.48. The van der Waals surface area contributed by atoms with Crippen LogP contribution in [0.15, 0.2) is 18.2 Å². The number of nitrogens with zero attached hydrogens (tertiary/aromatic N) is 1. The number of aryl methyl sites for hydroxylation is 1. The summed E-state index contributed by atoms with van der Waals surface area (Å²) in [4.78, 5) is 14.3. The van der Waals surface area contributed by atoms with Crippen molar-refractivity contribution in [2.45, 2.75) is 45.2 Å². The molecule has 1 heterocycles. The molecule has 19 heavy (non-hydrogen) atoms. The lowest BCUT2D eigenvalue weighted by atomic mass is 9.95. The number of halogens is 1. The first-order valence-corrected chi connectivity index (χ1v) is 6.84. The fraction of sp³-hybridized carbons (Fsp3) is 0.533. The predicted molar refractivity (Wildman–Crippen MR) is 73.5 cm³/mol. The summed E-state index contributed by atoms with van der Waals surface area (Å²) in [6, 6.07) is 4.87. The minimum atomic E-state index is -0.415. The van der Waals surface area contributed by atoms with Gasteiger partial charge in [-0.15, -0.1) is 0 Å². The number of hydrogen-bond donors (Lipinski definition) is 1. The molecule has 1 saturated heterocycles. The molecule has 2 rings (SSSR count). The SMILES string of the molecule is Cc1cccc(C(=O)N2CCCC[C@@H]2[C@@H](C)N)c1F. The van der Waals surface area contributed by atoms with E-state index in [1.807, 2.05) is 6.92 Å². The number of carbonyl (C=O) groups excluding carboxylic acids is 1. The molecule has 1 aromatic carbocycles. The second-order valence-corrected chi connectivity index (χ2v) is 5.36. The average molecular weight is 264 g/mol. The zero-order chi connectivity index (χ0) is 14.0. The smallest absolute Gasteiger partial charge is 0.257 e. The lowest BCUT2D eigenvalue weighted by Crippen LogP contribution is -2.51. The Labute approximate surface area is 113 Å².